The number of carbonyl (C=O) groups excluding carboxylic acids is 1. The zero-order chi connectivity index (χ0) is 14.6. The zero-order valence-corrected chi connectivity index (χ0v) is 12.1. The van der Waals surface area contributed by atoms with Crippen molar-refractivity contribution in [2.45, 2.75) is 26.3 Å². The Morgan fingerprint density at radius 1 is 1.26 bits per heavy atom. The van der Waals surface area contributed by atoms with E-state index in [2.05, 4.69) is 5.32 Å². The van der Waals surface area contributed by atoms with Crippen molar-refractivity contribution >= 4 is 35.1 Å². The normalized spacial score (nSPS) is 12.3. The molecule has 1 aromatic rings. The lowest BCUT2D eigenvalue weighted by Gasteiger charge is -2.18. The van der Waals surface area contributed by atoms with Crippen LogP contribution < -0.4 is 5.32 Å². The Balaban J connectivity index is 2.78. The Morgan fingerprint density at radius 3 is 2.21 bits per heavy atom. The molecule has 0 heterocycles. The van der Waals surface area contributed by atoms with Gasteiger partial charge >= 0.3 is 5.97 Å². The predicted molar refractivity (Wildman–Crippen MR) is 74.6 cm³/mol. The van der Waals surface area contributed by atoms with Gasteiger partial charge in [0.2, 0.25) is 5.91 Å². The predicted octanol–water partition coefficient (Wildman–Crippen LogP) is 2.76. The fourth-order valence-electron chi connectivity index (χ4n) is 1.60. The van der Waals surface area contributed by atoms with Crippen LogP contribution in [0.2, 0.25) is 10.0 Å². The molecule has 6 heteroatoms. The Morgan fingerprint density at radius 2 is 1.79 bits per heavy atom. The second-order valence-electron chi connectivity index (χ2n) is 4.50. The summed E-state index contributed by atoms with van der Waals surface area (Å²) < 4.78 is 0. The van der Waals surface area contributed by atoms with Gasteiger partial charge in [-0.2, -0.15) is 0 Å². The standard InChI is InChI=1S/C13H15Cl2NO3/c1-7(2)12(13(18)19)16-11(17)6-8-9(14)4-3-5-10(8)15/h3-5,7,12H,6H2,1-2H3,(H,16,17)(H,18,19)/t12-/m0/s1. The van der Waals surface area contributed by atoms with E-state index in [9.17, 15) is 9.59 Å². The summed E-state index contributed by atoms with van der Waals surface area (Å²) in [5, 5.41) is 12.2. The SMILES string of the molecule is CC(C)[C@H](NC(=O)Cc1c(Cl)cccc1Cl)C(=O)O. The first kappa shape index (κ1) is 15.8. The quantitative estimate of drug-likeness (QED) is 0.879. The molecule has 19 heavy (non-hydrogen) atoms. The van der Waals surface area contributed by atoms with Crippen molar-refractivity contribution in [1.82, 2.24) is 5.32 Å². The van der Waals surface area contributed by atoms with Gasteiger partial charge in [-0.1, -0.05) is 43.1 Å². The molecule has 0 radical (unpaired) electrons. The van der Waals surface area contributed by atoms with Gasteiger partial charge in [0.05, 0.1) is 6.42 Å². The molecule has 0 aliphatic heterocycles. The summed E-state index contributed by atoms with van der Waals surface area (Å²) in [4.78, 5) is 22.8. The van der Waals surface area contributed by atoms with Crippen molar-refractivity contribution < 1.29 is 14.7 Å². The minimum absolute atomic E-state index is 0.0466. The highest BCUT2D eigenvalue weighted by molar-refractivity contribution is 6.36. The average Bonchev–Trinajstić information content (AvgIpc) is 2.30. The number of carboxylic acids is 1. The molecule has 0 saturated heterocycles. The molecule has 0 aromatic heterocycles. The van der Waals surface area contributed by atoms with Crippen LogP contribution in [0, 0.1) is 5.92 Å². The van der Waals surface area contributed by atoms with Crippen molar-refractivity contribution in [2.75, 3.05) is 0 Å². The molecule has 0 aliphatic rings. The molecule has 4 nitrogen and oxygen atoms in total. The molecule has 0 spiro atoms. The van der Waals surface area contributed by atoms with Crippen molar-refractivity contribution in [2.24, 2.45) is 5.92 Å². The van der Waals surface area contributed by atoms with Gasteiger partial charge in [0.25, 0.3) is 0 Å². The number of hydrogen-bond donors (Lipinski definition) is 2. The Hall–Kier alpha value is -1.26. The van der Waals surface area contributed by atoms with E-state index in [1.807, 2.05) is 0 Å². The number of amides is 1. The van der Waals surface area contributed by atoms with Crippen LogP contribution in [0.1, 0.15) is 19.4 Å². The number of hydrogen-bond acceptors (Lipinski definition) is 2. The largest absolute Gasteiger partial charge is 0.480 e. The number of rotatable bonds is 5. The first-order valence-corrected chi connectivity index (χ1v) is 6.53. The van der Waals surface area contributed by atoms with Gasteiger partial charge in [0.1, 0.15) is 6.04 Å². The van der Waals surface area contributed by atoms with E-state index in [4.69, 9.17) is 28.3 Å². The third kappa shape index (κ3) is 4.40. The van der Waals surface area contributed by atoms with Crippen molar-refractivity contribution in [3.8, 4) is 0 Å². The molecule has 1 atom stereocenters. The lowest BCUT2D eigenvalue weighted by molar-refractivity contribution is -0.143. The number of carboxylic acid groups (broad SMARTS) is 1. The molecule has 1 amide bonds. The van der Waals surface area contributed by atoms with Crippen LogP contribution in [-0.4, -0.2) is 23.0 Å². The molecule has 1 aromatic carbocycles. The van der Waals surface area contributed by atoms with Crippen LogP contribution in [0.25, 0.3) is 0 Å². The van der Waals surface area contributed by atoms with Crippen LogP contribution in [-0.2, 0) is 16.0 Å². The second-order valence-corrected chi connectivity index (χ2v) is 5.32. The molecule has 1 rings (SSSR count). The highest BCUT2D eigenvalue weighted by Gasteiger charge is 2.23. The fraction of sp³-hybridized carbons (Fsp3) is 0.385. The maximum Gasteiger partial charge on any atom is 0.326 e. The van der Waals surface area contributed by atoms with E-state index < -0.39 is 17.9 Å². The summed E-state index contributed by atoms with van der Waals surface area (Å²) in [6, 6.07) is 4.02. The molecular formula is C13H15Cl2NO3. The monoisotopic (exact) mass is 303 g/mol. The molecule has 0 saturated carbocycles. The van der Waals surface area contributed by atoms with Gasteiger partial charge in [-0.15, -0.1) is 0 Å². The van der Waals surface area contributed by atoms with Gasteiger partial charge in [-0.05, 0) is 23.6 Å². The third-order valence-electron chi connectivity index (χ3n) is 2.65. The van der Waals surface area contributed by atoms with Crippen LogP contribution in [0.4, 0.5) is 0 Å². The van der Waals surface area contributed by atoms with Crippen molar-refractivity contribution in [3.05, 3.63) is 33.8 Å². The van der Waals surface area contributed by atoms with Crippen molar-refractivity contribution in [1.29, 1.82) is 0 Å². The van der Waals surface area contributed by atoms with Crippen LogP contribution in [0.3, 0.4) is 0 Å². The molecule has 0 aliphatic carbocycles. The van der Waals surface area contributed by atoms with E-state index in [0.717, 1.165) is 0 Å². The summed E-state index contributed by atoms with van der Waals surface area (Å²) in [6.45, 7) is 3.45. The number of aliphatic carboxylic acids is 1. The first-order chi connectivity index (χ1) is 8.82. The highest BCUT2D eigenvalue weighted by atomic mass is 35.5. The fourth-order valence-corrected chi connectivity index (χ4v) is 2.13. The van der Waals surface area contributed by atoms with E-state index >= 15 is 0 Å². The summed E-state index contributed by atoms with van der Waals surface area (Å²) in [7, 11) is 0. The Labute approximate surface area is 121 Å². The average molecular weight is 304 g/mol. The van der Waals surface area contributed by atoms with Gasteiger partial charge in [-0.25, -0.2) is 4.79 Å². The van der Waals surface area contributed by atoms with E-state index in [1.54, 1.807) is 32.0 Å². The van der Waals surface area contributed by atoms with E-state index in [-0.39, 0.29) is 12.3 Å². The molecule has 2 N–H and O–H groups in total. The van der Waals surface area contributed by atoms with E-state index in [1.165, 1.54) is 0 Å². The van der Waals surface area contributed by atoms with Gasteiger partial charge in [-0.3, -0.25) is 4.79 Å². The van der Waals surface area contributed by atoms with Crippen LogP contribution in [0.5, 0.6) is 0 Å². The van der Waals surface area contributed by atoms with E-state index in [0.29, 0.717) is 15.6 Å². The smallest absolute Gasteiger partial charge is 0.326 e. The number of halogens is 2. The third-order valence-corrected chi connectivity index (χ3v) is 3.36. The number of benzene rings is 1. The summed E-state index contributed by atoms with van der Waals surface area (Å²) in [6.07, 6.45) is -0.0466. The summed E-state index contributed by atoms with van der Waals surface area (Å²) in [5.74, 6) is -1.69. The Bertz CT molecular complexity index is 469. The van der Waals surface area contributed by atoms with Crippen molar-refractivity contribution in [3.63, 3.8) is 0 Å². The maximum absolute atomic E-state index is 11.8. The summed E-state index contributed by atoms with van der Waals surface area (Å²) in [5.41, 5.74) is 0.497. The lowest BCUT2D eigenvalue weighted by Crippen LogP contribution is -2.44. The number of carbonyl (C=O) groups is 2. The molecule has 0 fully saturated rings. The van der Waals surface area contributed by atoms with Gasteiger partial charge < -0.3 is 10.4 Å². The zero-order valence-electron chi connectivity index (χ0n) is 10.6. The first-order valence-electron chi connectivity index (χ1n) is 5.78. The van der Waals surface area contributed by atoms with Crippen LogP contribution in [0.15, 0.2) is 18.2 Å². The highest BCUT2D eigenvalue weighted by Crippen LogP contribution is 2.24. The Kier molecular flexibility index (Phi) is 5.63. The molecular weight excluding hydrogens is 289 g/mol. The maximum atomic E-state index is 11.8. The minimum Gasteiger partial charge on any atom is -0.480 e. The molecule has 104 valence electrons. The van der Waals surface area contributed by atoms with Gasteiger partial charge in [0, 0.05) is 10.0 Å². The number of nitrogens with one attached hydrogen (secondary N) is 1. The summed E-state index contributed by atoms with van der Waals surface area (Å²) >= 11 is 11.9. The lowest BCUT2D eigenvalue weighted by atomic mass is 10.0. The molecule has 0 bridgehead atoms. The molecule has 0 unspecified atom stereocenters. The van der Waals surface area contributed by atoms with Gasteiger partial charge in [0.15, 0.2) is 0 Å². The van der Waals surface area contributed by atoms with Crippen LogP contribution >= 0.6 is 23.2 Å². The minimum atomic E-state index is -1.06. The topological polar surface area (TPSA) is 66.4 Å². The second kappa shape index (κ2) is 6.78.